The maximum Gasteiger partial charge on any atom is 0.147 e. The number of rotatable bonds is 4. The van der Waals surface area contributed by atoms with E-state index in [1.807, 2.05) is 36.4 Å². The van der Waals surface area contributed by atoms with Gasteiger partial charge in [-0.2, -0.15) is 0 Å². The first-order valence-corrected chi connectivity index (χ1v) is 8.06. The lowest BCUT2D eigenvalue weighted by Gasteiger charge is -2.11. The summed E-state index contributed by atoms with van der Waals surface area (Å²) in [7, 11) is 0. The molecule has 0 atom stereocenters. The molecule has 0 amide bonds. The predicted molar refractivity (Wildman–Crippen MR) is 89.6 cm³/mol. The summed E-state index contributed by atoms with van der Waals surface area (Å²) in [5, 5.41) is 0. The van der Waals surface area contributed by atoms with Gasteiger partial charge in [-0.15, -0.1) is 0 Å². The van der Waals surface area contributed by atoms with Gasteiger partial charge in [0.25, 0.3) is 0 Å². The second kappa shape index (κ2) is 6.77. The molecule has 2 N–H and O–H groups in total. The first kappa shape index (κ1) is 14.9. The van der Waals surface area contributed by atoms with Gasteiger partial charge in [-0.25, -0.2) is 0 Å². The van der Waals surface area contributed by atoms with Crippen LogP contribution in [-0.4, -0.2) is 6.61 Å². The lowest BCUT2D eigenvalue weighted by Crippen LogP contribution is -2.02. The van der Waals surface area contributed by atoms with Crippen molar-refractivity contribution in [2.45, 2.75) is 6.42 Å². The van der Waals surface area contributed by atoms with Gasteiger partial charge < -0.3 is 10.5 Å². The molecule has 0 unspecified atom stereocenters. The van der Waals surface area contributed by atoms with Crippen molar-refractivity contribution in [1.29, 1.82) is 0 Å². The fourth-order valence-electron chi connectivity index (χ4n) is 1.62. The standard InChI is InChI=1S/C14H12Br3NO/c15-10-7-12(16)14(13(17)8-10)19-6-5-9-1-3-11(18)4-2-9/h1-4,7-8H,5-6,18H2. The highest BCUT2D eigenvalue weighted by Gasteiger charge is 2.08. The molecular formula is C14H12Br3NO. The Morgan fingerprint density at radius 1 is 0.947 bits per heavy atom. The fourth-order valence-corrected chi connectivity index (χ4v) is 4.11. The van der Waals surface area contributed by atoms with E-state index in [-0.39, 0.29) is 0 Å². The first-order valence-electron chi connectivity index (χ1n) is 5.68. The molecule has 2 rings (SSSR count). The summed E-state index contributed by atoms with van der Waals surface area (Å²) in [6.45, 7) is 0.614. The Balaban J connectivity index is 1.98. The van der Waals surface area contributed by atoms with Gasteiger partial charge in [0.2, 0.25) is 0 Å². The van der Waals surface area contributed by atoms with Crippen LogP contribution in [0.15, 0.2) is 49.8 Å². The molecule has 100 valence electrons. The molecule has 0 bridgehead atoms. The summed E-state index contributed by atoms with van der Waals surface area (Å²) in [5.41, 5.74) is 7.64. The van der Waals surface area contributed by atoms with Crippen LogP contribution in [0.3, 0.4) is 0 Å². The second-order valence-corrected chi connectivity index (χ2v) is 6.66. The lowest BCUT2D eigenvalue weighted by atomic mass is 10.1. The van der Waals surface area contributed by atoms with Crippen LogP contribution in [0.25, 0.3) is 0 Å². The molecule has 0 aromatic heterocycles. The molecule has 0 radical (unpaired) electrons. The molecule has 0 aliphatic rings. The van der Waals surface area contributed by atoms with E-state index in [2.05, 4.69) is 47.8 Å². The molecule has 2 nitrogen and oxygen atoms in total. The van der Waals surface area contributed by atoms with Crippen molar-refractivity contribution in [2.75, 3.05) is 12.3 Å². The number of ether oxygens (including phenoxy) is 1. The highest BCUT2D eigenvalue weighted by atomic mass is 79.9. The molecular weight excluding hydrogens is 438 g/mol. The van der Waals surface area contributed by atoms with Crippen molar-refractivity contribution in [3.63, 3.8) is 0 Å². The summed E-state index contributed by atoms with van der Waals surface area (Å²) < 4.78 is 8.65. The van der Waals surface area contributed by atoms with E-state index in [9.17, 15) is 0 Å². The Morgan fingerprint density at radius 3 is 2.11 bits per heavy atom. The molecule has 0 aliphatic heterocycles. The third-order valence-electron chi connectivity index (χ3n) is 2.58. The molecule has 0 saturated carbocycles. The van der Waals surface area contributed by atoms with Crippen LogP contribution in [0.2, 0.25) is 0 Å². The number of nitrogens with two attached hydrogens (primary N) is 1. The zero-order valence-corrected chi connectivity index (χ0v) is 14.8. The van der Waals surface area contributed by atoms with E-state index >= 15 is 0 Å². The minimum absolute atomic E-state index is 0.614. The predicted octanol–water partition coefficient (Wildman–Crippen LogP) is 5.18. The monoisotopic (exact) mass is 447 g/mol. The maximum absolute atomic E-state index is 5.81. The third-order valence-corrected chi connectivity index (χ3v) is 4.22. The Labute approximate surface area is 137 Å². The Hall–Kier alpha value is -0.520. The van der Waals surface area contributed by atoms with E-state index in [1.165, 1.54) is 5.56 Å². The highest BCUT2D eigenvalue weighted by Crippen LogP contribution is 2.36. The van der Waals surface area contributed by atoms with Gasteiger partial charge in [0, 0.05) is 16.6 Å². The van der Waals surface area contributed by atoms with Gasteiger partial charge in [0.1, 0.15) is 5.75 Å². The fraction of sp³-hybridized carbons (Fsp3) is 0.143. The Kier molecular flexibility index (Phi) is 5.30. The van der Waals surface area contributed by atoms with E-state index in [4.69, 9.17) is 10.5 Å². The van der Waals surface area contributed by atoms with Gasteiger partial charge in [-0.1, -0.05) is 28.1 Å². The molecule has 2 aromatic rings. The SMILES string of the molecule is Nc1ccc(CCOc2c(Br)cc(Br)cc2Br)cc1. The average molecular weight is 450 g/mol. The Bertz CT molecular complexity index is 546. The Morgan fingerprint density at radius 2 is 1.53 bits per heavy atom. The summed E-state index contributed by atoms with van der Waals surface area (Å²) in [6.07, 6.45) is 0.842. The van der Waals surface area contributed by atoms with Crippen molar-refractivity contribution in [2.24, 2.45) is 0 Å². The quantitative estimate of drug-likeness (QED) is 0.653. The van der Waals surface area contributed by atoms with Gasteiger partial charge >= 0.3 is 0 Å². The molecule has 19 heavy (non-hydrogen) atoms. The van der Waals surface area contributed by atoms with Crippen molar-refractivity contribution >= 4 is 53.5 Å². The topological polar surface area (TPSA) is 35.2 Å². The van der Waals surface area contributed by atoms with Crippen molar-refractivity contribution in [3.8, 4) is 5.75 Å². The largest absolute Gasteiger partial charge is 0.491 e. The number of halogens is 3. The number of nitrogen functional groups attached to an aromatic ring is 1. The number of benzene rings is 2. The summed E-state index contributed by atoms with van der Waals surface area (Å²) >= 11 is 10.4. The minimum atomic E-state index is 0.614. The van der Waals surface area contributed by atoms with Crippen molar-refractivity contribution in [1.82, 2.24) is 0 Å². The number of hydrogen-bond donors (Lipinski definition) is 1. The van der Waals surface area contributed by atoms with Crippen LogP contribution < -0.4 is 10.5 Å². The van der Waals surface area contributed by atoms with Crippen LogP contribution in [0, 0.1) is 0 Å². The van der Waals surface area contributed by atoms with Crippen LogP contribution in [0.1, 0.15) is 5.56 Å². The van der Waals surface area contributed by atoms with Gasteiger partial charge in [0.05, 0.1) is 15.6 Å². The number of anilines is 1. The van der Waals surface area contributed by atoms with Crippen LogP contribution in [-0.2, 0) is 6.42 Å². The van der Waals surface area contributed by atoms with Crippen LogP contribution in [0.4, 0.5) is 5.69 Å². The summed E-state index contributed by atoms with van der Waals surface area (Å²) in [6, 6.07) is 11.8. The van der Waals surface area contributed by atoms with E-state index in [0.717, 1.165) is 31.3 Å². The molecule has 0 heterocycles. The first-order chi connectivity index (χ1) is 9.06. The van der Waals surface area contributed by atoms with E-state index in [1.54, 1.807) is 0 Å². The third kappa shape index (κ3) is 4.23. The molecule has 0 saturated heterocycles. The molecule has 0 fully saturated rings. The maximum atomic E-state index is 5.81. The lowest BCUT2D eigenvalue weighted by molar-refractivity contribution is 0.318. The highest BCUT2D eigenvalue weighted by molar-refractivity contribution is 9.11. The molecule has 5 heteroatoms. The smallest absolute Gasteiger partial charge is 0.147 e. The zero-order chi connectivity index (χ0) is 13.8. The van der Waals surface area contributed by atoms with Gasteiger partial charge in [-0.05, 0) is 61.7 Å². The van der Waals surface area contributed by atoms with E-state index in [0.29, 0.717) is 6.61 Å². The summed E-state index contributed by atoms with van der Waals surface area (Å²) in [4.78, 5) is 0. The molecule has 2 aromatic carbocycles. The average Bonchev–Trinajstić information content (AvgIpc) is 2.34. The van der Waals surface area contributed by atoms with E-state index < -0.39 is 0 Å². The van der Waals surface area contributed by atoms with Crippen molar-refractivity contribution in [3.05, 3.63) is 55.4 Å². The van der Waals surface area contributed by atoms with Gasteiger partial charge in [-0.3, -0.25) is 0 Å². The summed E-state index contributed by atoms with van der Waals surface area (Å²) in [5.74, 6) is 0.818. The van der Waals surface area contributed by atoms with Crippen LogP contribution in [0.5, 0.6) is 5.75 Å². The second-order valence-electron chi connectivity index (χ2n) is 4.04. The van der Waals surface area contributed by atoms with Crippen molar-refractivity contribution < 1.29 is 4.74 Å². The zero-order valence-electron chi connectivity index (χ0n) is 10.00. The minimum Gasteiger partial charge on any atom is -0.491 e. The normalized spacial score (nSPS) is 10.5. The number of hydrogen-bond acceptors (Lipinski definition) is 2. The van der Waals surface area contributed by atoms with Gasteiger partial charge in [0.15, 0.2) is 0 Å². The molecule has 0 aliphatic carbocycles. The van der Waals surface area contributed by atoms with Crippen LogP contribution >= 0.6 is 47.8 Å². The molecule has 0 spiro atoms.